The van der Waals surface area contributed by atoms with E-state index in [1.165, 1.54) is 26.8 Å². The lowest BCUT2D eigenvalue weighted by atomic mass is 10.1. The highest BCUT2D eigenvalue weighted by Crippen LogP contribution is 2.36. The molecule has 11 heteroatoms. The summed E-state index contributed by atoms with van der Waals surface area (Å²) < 4.78 is 19.6. The van der Waals surface area contributed by atoms with Crippen molar-refractivity contribution in [2.45, 2.75) is 25.8 Å². The van der Waals surface area contributed by atoms with Crippen LogP contribution in [-0.2, 0) is 7.05 Å². The van der Waals surface area contributed by atoms with E-state index in [9.17, 15) is 18.8 Å². The van der Waals surface area contributed by atoms with Gasteiger partial charge in [-0.05, 0) is 78.8 Å². The second-order valence-electron chi connectivity index (χ2n) is 9.57. The molecule has 3 heterocycles. The van der Waals surface area contributed by atoms with Crippen LogP contribution in [0.5, 0.6) is 0 Å². The van der Waals surface area contributed by atoms with E-state index in [2.05, 4.69) is 10.6 Å². The van der Waals surface area contributed by atoms with Gasteiger partial charge in [0.25, 0.3) is 11.1 Å². The van der Waals surface area contributed by atoms with Crippen LogP contribution >= 0.6 is 22.6 Å². The fraction of sp³-hybridized carbons (Fsp3) is 0.269. The molecule has 2 aliphatic rings. The Morgan fingerprint density at radius 1 is 1.05 bits per heavy atom. The van der Waals surface area contributed by atoms with Gasteiger partial charge in [0.15, 0.2) is 0 Å². The largest absolute Gasteiger partial charge is 0.366 e. The lowest BCUT2D eigenvalue weighted by Gasteiger charge is -2.21. The van der Waals surface area contributed by atoms with Crippen LogP contribution in [0.3, 0.4) is 0 Å². The highest BCUT2D eigenvalue weighted by molar-refractivity contribution is 14.1. The number of nitrogens with one attached hydrogen (secondary N) is 2. The van der Waals surface area contributed by atoms with E-state index in [1.54, 1.807) is 19.1 Å². The van der Waals surface area contributed by atoms with Crippen molar-refractivity contribution in [2.75, 3.05) is 29.2 Å². The third-order valence-electron chi connectivity index (χ3n) is 7.10. The molecule has 1 aliphatic carbocycles. The molecule has 0 atom stereocenters. The van der Waals surface area contributed by atoms with E-state index in [-0.39, 0.29) is 34.0 Å². The normalized spacial score (nSPS) is 14.7. The Hall–Kier alpha value is -3.61. The zero-order valence-electron chi connectivity index (χ0n) is 20.4. The molecule has 0 bridgehead atoms. The molecule has 0 amide bonds. The topological polar surface area (TPSA) is 93.3 Å². The summed E-state index contributed by atoms with van der Waals surface area (Å²) >= 11 is 2.01. The van der Waals surface area contributed by atoms with Crippen LogP contribution < -0.4 is 32.3 Å². The third-order valence-corrected chi connectivity index (χ3v) is 7.77. The van der Waals surface area contributed by atoms with Crippen LogP contribution in [0.15, 0.2) is 50.8 Å². The molecular weight excluding hydrogens is 590 g/mol. The van der Waals surface area contributed by atoms with Crippen LogP contribution in [0, 0.1) is 16.3 Å². The molecule has 0 saturated heterocycles. The molecule has 37 heavy (non-hydrogen) atoms. The van der Waals surface area contributed by atoms with Gasteiger partial charge in [0.05, 0.1) is 34.9 Å². The van der Waals surface area contributed by atoms with E-state index in [0.717, 1.165) is 24.2 Å². The van der Waals surface area contributed by atoms with Crippen molar-refractivity contribution in [3.8, 4) is 5.69 Å². The summed E-state index contributed by atoms with van der Waals surface area (Å²) in [4.78, 5) is 43.2. The molecule has 4 aromatic rings. The highest BCUT2D eigenvalue weighted by Gasteiger charge is 2.32. The second kappa shape index (κ2) is 8.47. The van der Waals surface area contributed by atoms with Crippen LogP contribution in [0.25, 0.3) is 16.6 Å². The van der Waals surface area contributed by atoms with Crippen LogP contribution in [0.2, 0.25) is 0 Å². The van der Waals surface area contributed by atoms with Crippen molar-refractivity contribution in [1.29, 1.82) is 0 Å². The first-order valence-electron chi connectivity index (χ1n) is 11.9. The summed E-state index contributed by atoms with van der Waals surface area (Å²) in [5.74, 6) is -0.379. The molecule has 9 nitrogen and oxygen atoms in total. The summed E-state index contributed by atoms with van der Waals surface area (Å²) in [6, 6.07) is 10.0. The predicted octanol–water partition coefficient (Wildman–Crippen LogP) is 3.80. The van der Waals surface area contributed by atoms with Gasteiger partial charge in [-0.3, -0.25) is 23.3 Å². The van der Waals surface area contributed by atoms with Gasteiger partial charge in [0.2, 0.25) is 0 Å². The minimum absolute atomic E-state index is 0.125. The molecule has 1 saturated carbocycles. The second-order valence-corrected chi connectivity index (χ2v) is 10.8. The molecule has 6 rings (SSSR count). The van der Waals surface area contributed by atoms with Gasteiger partial charge in [0.1, 0.15) is 17.0 Å². The number of aromatic nitrogens is 3. The van der Waals surface area contributed by atoms with Gasteiger partial charge in [-0.15, -0.1) is 0 Å². The van der Waals surface area contributed by atoms with Crippen LogP contribution in [0.1, 0.15) is 24.4 Å². The Morgan fingerprint density at radius 3 is 2.51 bits per heavy atom. The first kappa shape index (κ1) is 23.8. The predicted molar refractivity (Wildman–Crippen MR) is 151 cm³/mol. The van der Waals surface area contributed by atoms with Crippen molar-refractivity contribution in [2.24, 2.45) is 7.05 Å². The minimum Gasteiger partial charge on any atom is -0.366 e. The van der Waals surface area contributed by atoms with Crippen molar-refractivity contribution in [1.82, 2.24) is 13.7 Å². The van der Waals surface area contributed by atoms with Crippen LogP contribution in [-0.4, -0.2) is 27.4 Å². The SMILES string of the molecule is Cc1c(=O)n(C)c(Nc2ccc(I)cc2F)c2c(=O)n(C3CC3)c(=O)n(-c3ccc4c(c3)NCN4C)c12. The molecule has 0 spiro atoms. The standard InChI is InChI=1S/C26H24FIN6O3/c1-13-22-21(23(32(3)24(13)35)30-18-8-4-14(28)10-17(18)27)25(36)34(15-5-6-15)26(37)33(22)16-7-9-20-19(11-16)29-12-31(20)2/h4,7-11,15,29-30H,5-6,12H2,1-3H3. The summed E-state index contributed by atoms with van der Waals surface area (Å²) in [7, 11) is 3.50. The summed E-state index contributed by atoms with van der Waals surface area (Å²) in [5, 5.41) is 6.45. The molecule has 2 aromatic heterocycles. The molecule has 0 radical (unpaired) electrons. The number of pyridine rings is 1. The number of benzene rings is 2. The van der Waals surface area contributed by atoms with Gasteiger partial charge in [-0.25, -0.2) is 9.18 Å². The van der Waals surface area contributed by atoms with E-state index in [0.29, 0.717) is 15.9 Å². The van der Waals surface area contributed by atoms with E-state index >= 15 is 0 Å². The van der Waals surface area contributed by atoms with Gasteiger partial charge in [0, 0.05) is 29.3 Å². The smallest absolute Gasteiger partial charge is 0.336 e. The van der Waals surface area contributed by atoms with Crippen molar-refractivity contribution < 1.29 is 4.39 Å². The number of hydrogen-bond donors (Lipinski definition) is 2. The van der Waals surface area contributed by atoms with Crippen molar-refractivity contribution >= 4 is 56.4 Å². The molecule has 1 aliphatic heterocycles. The summed E-state index contributed by atoms with van der Waals surface area (Å²) in [6.45, 7) is 2.24. The Balaban J connectivity index is 1.72. The van der Waals surface area contributed by atoms with Gasteiger partial charge >= 0.3 is 5.69 Å². The maximum Gasteiger partial charge on any atom is 0.336 e. The number of rotatable bonds is 4. The highest BCUT2D eigenvalue weighted by atomic mass is 127. The third kappa shape index (κ3) is 3.66. The average Bonchev–Trinajstić information content (AvgIpc) is 3.63. The molecule has 0 unspecified atom stereocenters. The number of fused-ring (bicyclic) bond motifs is 2. The Labute approximate surface area is 224 Å². The fourth-order valence-electron chi connectivity index (χ4n) is 5.00. The van der Waals surface area contributed by atoms with E-state index in [4.69, 9.17) is 0 Å². The number of hydrogen-bond acceptors (Lipinski definition) is 6. The van der Waals surface area contributed by atoms with Gasteiger partial charge < -0.3 is 15.5 Å². The zero-order chi connectivity index (χ0) is 26.2. The number of anilines is 4. The Morgan fingerprint density at radius 2 is 1.81 bits per heavy atom. The summed E-state index contributed by atoms with van der Waals surface area (Å²) in [6.07, 6.45) is 1.44. The zero-order valence-corrected chi connectivity index (χ0v) is 22.6. The van der Waals surface area contributed by atoms with Crippen LogP contribution in [0.4, 0.5) is 27.3 Å². The van der Waals surface area contributed by atoms with E-state index < -0.39 is 22.6 Å². The quantitative estimate of drug-likeness (QED) is 0.340. The molecule has 190 valence electrons. The summed E-state index contributed by atoms with van der Waals surface area (Å²) in [5.41, 5.74) is 1.60. The molecule has 1 fully saturated rings. The molecular formula is C26H24FIN6O3. The monoisotopic (exact) mass is 614 g/mol. The Kier molecular flexibility index (Phi) is 5.44. The van der Waals surface area contributed by atoms with Crippen molar-refractivity contribution in [3.63, 3.8) is 0 Å². The minimum atomic E-state index is -0.516. The number of nitrogens with zero attached hydrogens (tertiary/aromatic N) is 4. The van der Waals surface area contributed by atoms with E-state index in [1.807, 2.05) is 52.7 Å². The lowest BCUT2D eigenvalue weighted by molar-refractivity contribution is 0.630. The van der Waals surface area contributed by atoms with Gasteiger partial charge in [-0.1, -0.05) is 0 Å². The first-order valence-corrected chi connectivity index (χ1v) is 13.0. The van der Waals surface area contributed by atoms with Crippen molar-refractivity contribution in [3.05, 3.63) is 82.5 Å². The van der Waals surface area contributed by atoms with Gasteiger partial charge in [-0.2, -0.15) is 0 Å². The fourth-order valence-corrected chi connectivity index (χ4v) is 5.45. The first-order chi connectivity index (χ1) is 17.7. The maximum absolute atomic E-state index is 14.8. The molecule has 2 aromatic carbocycles. The lowest BCUT2D eigenvalue weighted by Crippen LogP contribution is -2.41. The Bertz CT molecular complexity index is 1800. The molecule has 2 N–H and O–H groups in total. The maximum atomic E-state index is 14.8. The number of aryl methyl sites for hydroxylation is 1. The number of halogens is 2. The average molecular weight is 614 g/mol.